The zero-order valence-electron chi connectivity index (χ0n) is 8.97. The first-order valence-corrected chi connectivity index (χ1v) is 5.36. The van der Waals surface area contributed by atoms with Crippen molar-refractivity contribution in [2.75, 3.05) is 0 Å². The maximum atomic E-state index is 13.6. The van der Waals surface area contributed by atoms with Crippen LogP contribution in [-0.4, -0.2) is 11.1 Å². The number of carboxylic acid groups (broad SMARTS) is 1. The molecule has 1 saturated carbocycles. The summed E-state index contributed by atoms with van der Waals surface area (Å²) < 4.78 is 39.5. The van der Waals surface area contributed by atoms with Crippen LogP contribution in [0.3, 0.4) is 0 Å². The molecule has 0 spiro atoms. The summed E-state index contributed by atoms with van der Waals surface area (Å²) in [4.78, 5) is 11.3. The van der Waals surface area contributed by atoms with E-state index in [1.165, 1.54) is 0 Å². The number of rotatable bonds is 2. The summed E-state index contributed by atoms with van der Waals surface area (Å²) in [5.74, 6) is -4.69. The van der Waals surface area contributed by atoms with Gasteiger partial charge in [0.25, 0.3) is 0 Å². The van der Waals surface area contributed by atoms with Crippen LogP contribution in [0.15, 0.2) is 12.1 Å². The topological polar surface area (TPSA) is 37.3 Å². The van der Waals surface area contributed by atoms with Crippen LogP contribution in [0.25, 0.3) is 0 Å². The Kier molecular flexibility index (Phi) is 2.85. The van der Waals surface area contributed by atoms with Crippen molar-refractivity contribution in [3.05, 3.63) is 35.1 Å². The molecular weight excluding hydrogens is 233 g/mol. The molecule has 1 fully saturated rings. The number of hydrogen-bond donors (Lipinski definition) is 1. The lowest BCUT2D eigenvalue weighted by molar-refractivity contribution is -0.143. The highest BCUT2D eigenvalue weighted by atomic mass is 19.2. The molecule has 2 rings (SSSR count). The molecule has 0 aromatic heterocycles. The highest BCUT2D eigenvalue weighted by Crippen LogP contribution is 2.42. The average molecular weight is 244 g/mol. The Morgan fingerprint density at radius 1 is 1.06 bits per heavy atom. The highest BCUT2D eigenvalue weighted by molar-refractivity contribution is 5.81. The number of aliphatic carboxylic acids is 1. The molecule has 92 valence electrons. The van der Waals surface area contributed by atoms with Crippen LogP contribution in [0, 0.1) is 17.5 Å². The van der Waals surface area contributed by atoms with Gasteiger partial charge in [-0.3, -0.25) is 4.79 Å². The van der Waals surface area contributed by atoms with Crippen LogP contribution in [0.1, 0.15) is 31.2 Å². The Balaban J connectivity index is 2.58. The molecule has 1 N–H and O–H groups in total. The molecule has 0 unspecified atom stereocenters. The molecule has 17 heavy (non-hydrogen) atoms. The van der Waals surface area contributed by atoms with Gasteiger partial charge in [-0.2, -0.15) is 0 Å². The number of halogens is 3. The molecule has 1 aromatic carbocycles. The van der Waals surface area contributed by atoms with E-state index in [9.17, 15) is 23.1 Å². The molecule has 0 atom stereocenters. The van der Waals surface area contributed by atoms with Crippen LogP contribution in [0.4, 0.5) is 13.2 Å². The van der Waals surface area contributed by atoms with Crippen LogP contribution >= 0.6 is 0 Å². The van der Waals surface area contributed by atoms with Gasteiger partial charge in [-0.05, 0) is 18.9 Å². The third-order valence-electron chi connectivity index (χ3n) is 3.39. The van der Waals surface area contributed by atoms with E-state index in [1.807, 2.05) is 0 Å². The summed E-state index contributed by atoms with van der Waals surface area (Å²) in [6, 6.07) is 1.08. The summed E-state index contributed by atoms with van der Waals surface area (Å²) in [5, 5.41) is 9.22. The van der Waals surface area contributed by atoms with Gasteiger partial charge in [0.2, 0.25) is 0 Å². The van der Waals surface area contributed by atoms with E-state index >= 15 is 0 Å². The fourth-order valence-corrected chi connectivity index (χ4v) is 2.47. The van der Waals surface area contributed by atoms with E-state index in [0.29, 0.717) is 25.0 Å². The van der Waals surface area contributed by atoms with E-state index in [4.69, 9.17) is 0 Å². The fraction of sp³-hybridized carbons (Fsp3) is 0.417. The Bertz CT molecular complexity index is 465. The van der Waals surface area contributed by atoms with Gasteiger partial charge in [-0.15, -0.1) is 0 Å². The third-order valence-corrected chi connectivity index (χ3v) is 3.39. The Morgan fingerprint density at radius 3 is 2.12 bits per heavy atom. The van der Waals surface area contributed by atoms with Crippen molar-refractivity contribution < 1.29 is 23.1 Å². The zero-order valence-corrected chi connectivity index (χ0v) is 8.97. The average Bonchev–Trinajstić information content (AvgIpc) is 2.73. The SMILES string of the molecule is O=C(O)C1(c2cc(F)c(F)cc2F)CCCC1. The van der Waals surface area contributed by atoms with E-state index in [2.05, 4.69) is 0 Å². The molecule has 0 aliphatic heterocycles. The molecule has 1 aromatic rings. The summed E-state index contributed by atoms with van der Waals surface area (Å²) in [6.45, 7) is 0. The molecule has 1 aliphatic rings. The molecule has 0 saturated heterocycles. The van der Waals surface area contributed by atoms with Crippen LogP contribution < -0.4 is 0 Å². The van der Waals surface area contributed by atoms with Crippen molar-refractivity contribution in [3.8, 4) is 0 Å². The lowest BCUT2D eigenvalue weighted by Gasteiger charge is -2.24. The predicted octanol–water partition coefficient (Wildman–Crippen LogP) is 3.00. The zero-order chi connectivity index (χ0) is 12.6. The molecule has 5 heteroatoms. The van der Waals surface area contributed by atoms with Crippen molar-refractivity contribution >= 4 is 5.97 Å². The summed E-state index contributed by atoms with van der Waals surface area (Å²) in [5.41, 5.74) is -1.65. The second-order valence-corrected chi connectivity index (χ2v) is 4.34. The van der Waals surface area contributed by atoms with Gasteiger partial charge < -0.3 is 5.11 Å². The molecule has 1 aliphatic carbocycles. The van der Waals surface area contributed by atoms with Crippen LogP contribution in [0.2, 0.25) is 0 Å². The largest absolute Gasteiger partial charge is 0.481 e. The van der Waals surface area contributed by atoms with Gasteiger partial charge in [0.05, 0.1) is 5.41 Å². The van der Waals surface area contributed by atoms with E-state index in [-0.39, 0.29) is 18.4 Å². The van der Waals surface area contributed by atoms with Crippen molar-refractivity contribution in [1.29, 1.82) is 0 Å². The lowest BCUT2D eigenvalue weighted by Crippen LogP contribution is -2.33. The minimum absolute atomic E-state index is 0.249. The first kappa shape index (κ1) is 12.0. The first-order valence-electron chi connectivity index (χ1n) is 5.36. The van der Waals surface area contributed by atoms with Gasteiger partial charge in [0, 0.05) is 11.6 Å². The fourth-order valence-electron chi connectivity index (χ4n) is 2.47. The van der Waals surface area contributed by atoms with E-state index < -0.39 is 28.8 Å². The van der Waals surface area contributed by atoms with Crippen molar-refractivity contribution in [3.63, 3.8) is 0 Å². The number of hydrogen-bond acceptors (Lipinski definition) is 1. The summed E-state index contributed by atoms with van der Waals surface area (Å²) in [6.07, 6.45) is 1.80. The second kappa shape index (κ2) is 4.05. The standard InChI is InChI=1S/C12H11F3O2/c13-8-6-10(15)9(14)5-7(8)12(11(16)17)3-1-2-4-12/h5-6H,1-4H2,(H,16,17). The summed E-state index contributed by atoms with van der Waals surface area (Å²) in [7, 11) is 0. The monoisotopic (exact) mass is 244 g/mol. The first-order chi connectivity index (χ1) is 7.97. The Hall–Kier alpha value is -1.52. The van der Waals surface area contributed by atoms with Crippen molar-refractivity contribution in [1.82, 2.24) is 0 Å². The molecule has 2 nitrogen and oxygen atoms in total. The van der Waals surface area contributed by atoms with Crippen molar-refractivity contribution in [2.45, 2.75) is 31.1 Å². The molecule has 0 amide bonds. The Morgan fingerprint density at radius 2 is 1.59 bits per heavy atom. The second-order valence-electron chi connectivity index (χ2n) is 4.34. The van der Waals surface area contributed by atoms with Crippen LogP contribution in [0.5, 0.6) is 0 Å². The highest BCUT2D eigenvalue weighted by Gasteiger charge is 2.45. The Labute approximate surface area is 96.1 Å². The minimum atomic E-state index is -1.40. The number of carbonyl (C=O) groups is 1. The minimum Gasteiger partial charge on any atom is -0.481 e. The van der Waals surface area contributed by atoms with E-state index in [1.54, 1.807) is 0 Å². The van der Waals surface area contributed by atoms with Gasteiger partial charge in [-0.1, -0.05) is 12.8 Å². The lowest BCUT2D eigenvalue weighted by atomic mass is 9.78. The predicted molar refractivity (Wildman–Crippen MR) is 54.1 cm³/mol. The maximum absolute atomic E-state index is 13.6. The molecular formula is C12H11F3O2. The third kappa shape index (κ3) is 1.79. The quantitative estimate of drug-likeness (QED) is 0.812. The number of benzene rings is 1. The molecule has 0 radical (unpaired) electrons. The van der Waals surface area contributed by atoms with Gasteiger partial charge in [0.15, 0.2) is 11.6 Å². The van der Waals surface area contributed by atoms with Gasteiger partial charge >= 0.3 is 5.97 Å². The van der Waals surface area contributed by atoms with Gasteiger partial charge in [-0.25, -0.2) is 13.2 Å². The van der Waals surface area contributed by atoms with Crippen LogP contribution in [-0.2, 0) is 10.2 Å². The molecule has 0 heterocycles. The van der Waals surface area contributed by atoms with Crippen molar-refractivity contribution in [2.24, 2.45) is 0 Å². The number of carboxylic acids is 1. The maximum Gasteiger partial charge on any atom is 0.314 e. The smallest absolute Gasteiger partial charge is 0.314 e. The van der Waals surface area contributed by atoms with Gasteiger partial charge in [0.1, 0.15) is 5.82 Å². The normalized spacial score (nSPS) is 18.3. The summed E-state index contributed by atoms with van der Waals surface area (Å²) >= 11 is 0. The molecule has 0 bridgehead atoms. The van der Waals surface area contributed by atoms with E-state index in [0.717, 1.165) is 0 Å².